The number of aliphatic hydroxyl groups is 1. The maximum atomic E-state index is 11.4. The van der Waals surface area contributed by atoms with Crippen LogP contribution in [0.4, 0.5) is 0 Å². The molecule has 0 spiro atoms. The minimum Gasteiger partial charge on any atom is -0.490 e. The average molecular weight is 302 g/mol. The third-order valence-corrected chi connectivity index (χ3v) is 2.89. The molecule has 1 heterocycles. The van der Waals surface area contributed by atoms with E-state index in [1.807, 2.05) is 13.8 Å². The van der Waals surface area contributed by atoms with Crippen molar-refractivity contribution in [1.29, 1.82) is 0 Å². The van der Waals surface area contributed by atoms with Gasteiger partial charge in [0.25, 0.3) is 0 Å². The van der Waals surface area contributed by atoms with Crippen LogP contribution < -0.4 is 10.1 Å². The van der Waals surface area contributed by atoms with E-state index in [4.69, 9.17) is 9.47 Å². The van der Waals surface area contributed by atoms with Crippen LogP contribution in [0.25, 0.3) is 0 Å². The van der Waals surface area contributed by atoms with Crippen LogP contribution in [-0.4, -0.2) is 36.4 Å². The van der Waals surface area contributed by atoms with Gasteiger partial charge in [0.05, 0.1) is 5.56 Å². The molecule has 0 saturated carbocycles. The van der Waals surface area contributed by atoms with Crippen molar-refractivity contribution in [3.63, 3.8) is 0 Å². The fourth-order valence-corrected chi connectivity index (χ4v) is 1.87. The quantitative estimate of drug-likeness (QED) is 0.780. The van der Waals surface area contributed by atoms with Crippen molar-refractivity contribution in [3.8, 4) is 5.75 Å². The van der Waals surface area contributed by atoms with Gasteiger partial charge in [-0.15, -0.1) is 12.4 Å². The first-order valence-corrected chi connectivity index (χ1v) is 6.41. The molecule has 0 amide bonds. The van der Waals surface area contributed by atoms with E-state index in [1.165, 1.54) is 0 Å². The van der Waals surface area contributed by atoms with Gasteiger partial charge in [-0.05, 0) is 12.1 Å². The van der Waals surface area contributed by atoms with Crippen LogP contribution >= 0.6 is 12.4 Å². The molecule has 5 nitrogen and oxygen atoms in total. The highest BCUT2D eigenvalue weighted by Crippen LogP contribution is 2.28. The molecule has 1 aliphatic rings. The van der Waals surface area contributed by atoms with E-state index in [-0.39, 0.29) is 31.6 Å². The largest absolute Gasteiger partial charge is 0.490 e. The predicted octanol–water partition coefficient (Wildman–Crippen LogP) is 1.52. The summed E-state index contributed by atoms with van der Waals surface area (Å²) < 4.78 is 10.5. The smallest absolute Gasteiger partial charge is 0.339 e. The fraction of sp³-hybridized carbons (Fsp3) is 0.500. The number of esters is 1. The van der Waals surface area contributed by atoms with Crippen molar-refractivity contribution in [2.45, 2.75) is 32.6 Å². The summed E-state index contributed by atoms with van der Waals surface area (Å²) in [4.78, 5) is 11.4. The van der Waals surface area contributed by atoms with Crippen molar-refractivity contribution in [2.24, 2.45) is 0 Å². The van der Waals surface area contributed by atoms with Crippen molar-refractivity contribution in [3.05, 3.63) is 29.3 Å². The Kier molecular flexibility index (Phi) is 6.26. The second-order valence-electron chi connectivity index (χ2n) is 4.89. The number of ether oxygens (including phenoxy) is 2. The molecule has 6 heteroatoms. The molecule has 0 bridgehead atoms. The maximum absolute atomic E-state index is 11.4. The number of rotatable bonds is 6. The molecule has 1 unspecified atom stereocenters. The van der Waals surface area contributed by atoms with Crippen molar-refractivity contribution in [1.82, 2.24) is 5.32 Å². The first-order chi connectivity index (χ1) is 9.08. The molecule has 0 aromatic heterocycles. The van der Waals surface area contributed by atoms with Gasteiger partial charge in [0, 0.05) is 18.2 Å². The summed E-state index contributed by atoms with van der Waals surface area (Å²) >= 11 is 0. The Labute approximate surface area is 124 Å². The average Bonchev–Trinajstić information content (AvgIpc) is 2.76. The molecule has 20 heavy (non-hydrogen) atoms. The Balaban J connectivity index is 0.00000200. The maximum Gasteiger partial charge on any atom is 0.339 e. The van der Waals surface area contributed by atoms with E-state index in [0.29, 0.717) is 23.9 Å². The summed E-state index contributed by atoms with van der Waals surface area (Å²) in [6.45, 7) is 4.93. The van der Waals surface area contributed by atoms with Crippen LogP contribution in [0.2, 0.25) is 0 Å². The van der Waals surface area contributed by atoms with E-state index in [9.17, 15) is 9.90 Å². The predicted molar refractivity (Wildman–Crippen MR) is 77.5 cm³/mol. The number of halogens is 1. The normalized spacial score (nSPS) is 14.5. The number of benzene rings is 1. The minimum absolute atomic E-state index is 0. The van der Waals surface area contributed by atoms with Crippen LogP contribution in [0.15, 0.2) is 18.2 Å². The van der Waals surface area contributed by atoms with Gasteiger partial charge in [0.15, 0.2) is 0 Å². The summed E-state index contributed by atoms with van der Waals surface area (Å²) in [6.07, 6.45) is -0.587. The van der Waals surface area contributed by atoms with Crippen molar-refractivity contribution in [2.75, 3.05) is 13.2 Å². The van der Waals surface area contributed by atoms with Gasteiger partial charge >= 0.3 is 5.97 Å². The summed E-state index contributed by atoms with van der Waals surface area (Å²) in [6, 6.07) is 5.57. The molecule has 1 aromatic rings. The Morgan fingerprint density at radius 3 is 2.90 bits per heavy atom. The first kappa shape index (κ1) is 16.8. The molecular formula is C14H20ClNO4. The van der Waals surface area contributed by atoms with Gasteiger partial charge in [-0.3, -0.25) is 0 Å². The Morgan fingerprint density at radius 1 is 1.45 bits per heavy atom. The lowest BCUT2D eigenvalue weighted by molar-refractivity contribution is 0.0532. The van der Waals surface area contributed by atoms with Gasteiger partial charge in [-0.1, -0.05) is 19.9 Å². The highest BCUT2D eigenvalue weighted by atomic mass is 35.5. The second kappa shape index (κ2) is 7.47. The van der Waals surface area contributed by atoms with E-state index in [0.717, 1.165) is 5.56 Å². The number of nitrogens with one attached hydrogen (secondary N) is 1. The van der Waals surface area contributed by atoms with Crippen molar-refractivity contribution < 1.29 is 19.4 Å². The topological polar surface area (TPSA) is 67.8 Å². The Hall–Kier alpha value is -1.30. The molecule has 1 aromatic carbocycles. The van der Waals surface area contributed by atoms with Crippen LogP contribution in [0.3, 0.4) is 0 Å². The molecule has 0 saturated heterocycles. The lowest BCUT2D eigenvalue weighted by Crippen LogP contribution is -2.35. The third kappa shape index (κ3) is 4.10. The SMILES string of the molecule is CC(C)NCC(O)COc1cccc2c1COC2=O.Cl. The number of hydrogen-bond acceptors (Lipinski definition) is 5. The van der Waals surface area contributed by atoms with Crippen molar-refractivity contribution >= 4 is 18.4 Å². The summed E-state index contributed by atoms with van der Waals surface area (Å²) in [5, 5.41) is 12.9. The second-order valence-corrected chi connectivity index (χ2v) is 4.89. The van der Waals surface area contributed by atoms with E-state index < -0.39 is 6.10 Å². The molecule has 0 aliphatic carbocycles. The molecule has 112 valence electrons. The fourth-order valence-electron chi connectivity index (χ4n) is 1.87. The minimum atomic E-state index is -0.587. The molecule has 0 fully saturated rings. The first-order valence-electron chi connectivity index (χ1n) is 6.41. The zero-order valence-corrected chi connectivity index (χ0v) is 12.4. The zero-order valence-electron chi connectivity index (χ0n) is 11.6. The zero-order chi connectivity index (χ0) is 13.8. The summed E-state index contributed by atoms with van der Waals surface area (Å²) in [7, 11) is 0. The van der Waals surface area contributed by atoms with Gasteiger partial charge in [0.1, 0.15) is 25.1 Å². The summed E-state index contributed by atoms with van der Waals surface area (Å²) in [5.74, 6) is 0.286. The highest BCUT2D eigenvalue weighted by Gasteiger charge is 2.24. The summed E-state index contributed by atoms with van der Waals surface area (Å²) in [5.41, 5.74) is 1.31. The Bertz CT molecular complexity index is 464. The van der Waals surface area contributed by atoms with Gasteiger partial charge in [-0.25, -0.2) is 4.79 Å². The van der Waals surface area contributed by atoms with Gasteiger partial charge in [-0.2, -0.15) is 0 Å². The molecule has 2 N–H and O–H groups in total. The lowest BCUT2D eigenvalue weighted by Gasteiger charge is -2.16. The monoisotopic (exact) mass is 301 g/mol. The van der Waals surface area contributed by atoms with Crippen LogP contribution in [-0.2, 0) is 11.3 Å². The van der Waals surface area contributed by atoms with Crippen LogP contribution in [0.5, 0.6) is 5.75 Å². The van der Waals surface area contributed by atoms with E-state index in [1.54, 1.807) is 18.2 Å². The van der Waals surface area contributed by atoms with Gasteiger partial charge < -0.3 is 19.9 Å². The van der Waals surface area contributed by atoms with E-state index >= 15 is 0 Å². The molecule has 2 rings (SSSR count). The lowest BCUT2D eigenvalue weighted by atomic mass is 10.1. The highest BCUT2D eigenvalue weighted by molar-refractivity contribution is 5.94. The number of fused-ring (bicyclic) bond motifs is 1. The van der Waals surface area contributed by atoms with E-state index in [2.05, 4.69) is 5.32 Å². The molecule has 0 radical (unpaired) electrons. The van der Waals surface area contributed by atoms with Crippen LogP contribution in [0.1, 0.15) is 29.8 Å². The number of hydrogen-bond donors (Lipinski definition) is 2. The number of aliphatic hydroxyl groups excluding tert-OH is 1. The number of carbonyl (C=O) groups excluding carboxylic acids is 1. The van der Waals surface area contributed by atoms with Crippen LogP contribution in [0, 0.1) is 0 Å². The number of carbonyl (C=O) groups is 1. The van der Waals surface area contributed by atoms with Gasteiger partial charge in [0.2, 0.25) is 0 Å². The molecule has 1 atom stereocenters. The molecule has 1 aliphatic heterocycles. The third-order valence-electron chi connectivity index (χ3n) is 2.89. The Morgan fingerprint density at radius 2 is 2.20 bits per heavy atom. The number of cyclic esters (lactones) is 1. The standard InChI is InChI=1S/C14H19NO4.ClH/c1-9(2)15-6-10(16)7-18-13-5-3-4-11-12(13)8-19-14(11)17;/h3-5,9-10,15-16H,6-8H2,1-2H3;1H. The molecular weight excluding hydrogens is 282 g/mol.